The number of hydrogen-bond acceptors (Lipinski definition) is 3. The topological polar surface area (TPSA) is 24.5 Å². The number of piperazine rings is 1. The quantitative estimate of drug-likeness (QED) is 0.794. The molecule has 1 saturated carbocycles. The Hall–Kier alpha value is -0.120. The second kappa shape index (κ2) is 7.34. The normalized spacial score (nSPS) is 31.6. The van der Waals surface area contributed by atoms with Gasteiger partial charge in [-0.15, -0.1) is 0 Å². The Bertz CT molecular complexity index is 204. The van der Waals surface area contributed by atoms with Crippen LogP contribution in [0.25, 0.3) is 0 Å². The van der Waals surface area contributed by atoms with Crippen molar-refractivity contribution >= 4 is 0 Å². The first-order valence-corrected chi connectivity index (χ1v) is 7.43. The van der Waals surface area contributed by atoms with E-state index in [2.05, 4.69) is 17.1 Å². The lowest BCUT2D eigenvalue weighted by atomic mass is 9.85. The molecule has 0 aromatic carbocycles. The van der Waals surface area contributed by atoms with Crippen LogP contribution < -0.4 is 5.32 Å². The average molecular weight is 240 g/mol. The SMILES string of the molecule is CCC1CCCC(OCCN2CCNCC2)C1. The van der Waals surface area contributed by atoms with Crippen molar-refractivity contribution in [1.82, 2.24) is 10.2 Å². The summed E-state index contributed by atoms with van der Waals surface area (Å²) in [5, 5.41) is 3.39. The molecule has 0 spiro atoms. The van der Waals surface area contributed by atoms with Gasteiger partial charge in [-0.2, -0.15) is 0 Å². The van der Waals surface area contributed by atoms with Crippen LogP contribution in [0.4, 0.5) is 0 Å². The molecule has 2 fully saturated rings. The van der Waals surface area contributed by atoms with Gasteiger partial charge in [0.2, 0.25) is 0 Å². The Morgan fingerprint density at radius 3 is 2.82 bits per heavy atom. The van der Waals surface area contributed by atoms with Gasteiger partial charge < -0.3 is 10.1 Å². The van der Waals surface area contributed by atoms with Crippen LogP contribution in [0, 0.1) is 5.92 Å². The number of rotatable bonds is 5. The maximum atomic E-state index is 6.06. The standard InChI is InChI=1S/C14H28N2O/c1-2-13-4-3-5-14(12-13)17-11-10-16-8-6-15-7-9-16/h13-15H,2-12H2,1H3. The predicted molar refractivity (Wildman–Crippen MR) is 71.3 cm³/mol. The molecular formula is C14H28N2O. The van der Waals surface area contributed by atoms with E-state index in [9.17, 15) is 0 Å². The molecule has 0 aromatic rings. The van der Waals surface area contributed by atoms with Crippen LogP contribution in [-0.4, -0.2) is 50.3 Å². The fourth-order valence-corrected chi connectivity index (χ4v) is 3.05. The zero-order chi connectivity index (χ0) is 11.9. The fourth-order valence-electron chi connectivity index (χ4n) is 3.05. The minimum Gasteiger partial charge on any atom is -0.377 e. The third kappa shape index (κ3) is 4.57. The first-order valence-electron chi connectivity index (χ1n) is 7.43. The lowest BCUT2D eigenvalue weighted by Crippen LogP contribution is -2.44. The molecule has 3 heteroatoms. The van der Waals surface area contributed by atoms with Crippen molar-refractivity contribution in [3.63, 3.8) is 0 Å². The van der Waals surface area contributed by atoms with Gasteiger partial charge in [0.1, 0.15) is 0 Å². The van der Waals surface area contributed by atoms with Crippen molar-refractivity contribution in [3.8, 4) is 0 Å². The van der Waals surface area contributed by atoms with E-state index in [4.69, 9.17) is 4.74 Å². The molecule has 0 amide bonds. The van der Waals surface area contributed by atoms with Gasteiger partial charge in [-0.25, -0.2) is 0 Å². The van der Waals surface area contributed by atoms with Gasteiger partial charge in [-0.3, -0.25) is 4.90 Å². The summed E-state index contributed by atoms with van der Waals surface area (Å²) >= 11 is 0. The molecule has 17 heavy (non-hydrogen) atoms. The Morgan fingerprint density at radius 1 is 1.24 bits per heavy atom. The molecule has 100 valence electrons. The highest BCUT2D eigenvalue weighted by Gasteiger charge is 2.21. The fraction of sp³-hybridized carbons (Fsp3) is 1.00. The van der Waals surface area contributed by atoms with Crippen molar-refractivity contribution in [3.05, 3.63) is 0 Å². The van der Waals surface area contributed by atoms with Gasteiger partial charge in [0.25, 0.3) is 0 Å². The summed E-state index contributed by atoms with van der Waals surface area (Å²) in [6, 6.07) is 0. The summed E-state index contributed by atoms with van der Waals surface area (Å²) in [7, 11) is 0. The summed E-state index contributed by atoms with van der Waals surface area (Å²) < 4.78 is 6.06. The molecule has 0 radical (unpaired) electrons. The van der Waals surface area contributed by atoms with E-state index < -0.39 is 0 Å². The predicted octanol–water partition coefficient (Wildman–Crippen LogP) is 1.88. The summed E-state index contributed by atoms with van der Waals surface area (Å²) in [6.07, 6.45) is 7.27. The van der Waals surface area contributed by atoms with E-state index >= 15 is 0 Å². The Balaban J connectivity index is 1.57. The first kappa shape index (κ1) is 13.3. The minimum absolute atomic E-state index is 0.552. The largest absolute Gasteiger partial charge is 0.377 e. The zero-order valence-corrected chi connectivity index (χ0v) is 11.3. The molecule has 2 rings (SSSR count). The Labute approximate surface area is 106 Å². The van der Waals surface area contributed by atoms with Crippen molar-refractivity contribution in [1.29, 1.82) is 0 Å². The maximum Gasteiger partial charge on any atom is 0.0597 e. The molecule has 1 N–H and O–H groups in total. The highest BCUT2D eigenvalue weighted by atomic mass is 16.5. The summed E-state index contributed by atoms with van der Waals surface area (Å²) in [5.41, 5.74) is 0. The molecule has 0 bridgehead atoms. The van der Waals surface area contributed by atoms with Crippen LogP contribution in [0.2, 0.25) is 0 Å². The second-order valence-corrected chi connectivity index (χ2v) is 5.53. The first-order chi connectivity index (χ1) is 8.38. The zero-order valence-electron chi connectivity index (χ0n) is 11.3. The smallest absolute Gasteiger partial charge is 0.0597 e. The van der Waals surface area contributed by atoms with E-state index in [1.165, 1.54) is 45.2 Å². The molecule has 1 saturated heterocycles. The molecule has 2 aliphatic rings. The highest BCUT2D eigenvalue weighted by molar-refractivity contribution is 4.73. The maximum absolute atomic E-state index is 6.06. The number of nitrogens with zero attached hydrogens (tertiary/aromatic N) is 1. The van der Waals surface area contributed by atoms with Crippen LogP contribution in [0.15, 0.2) is 0 Å². The number of ether oxygens (including phenoxy) is 1. The second-order valence-electron chi connectivity index (χ2n) is 5.53. The highest BCUT2D eigenvalue weighted by Crippen LogP contribution is 2.28. The van der Waals surface area contributed by atoms with Gasteiger partial charge in [-0.05, 0) is 18.8 Å². The molecule has 3 nitrogen and oxygen atoms in total. The van der Waals surface area contributed by atoms with Crippen molar-refractivity contribution < 1.29 is 4.74 Å². The van der Waals surface area contributed by atoms with E-state index in [1.807, 2.05) is 0 Å². The molecule has 1 heterocycles. The van der Waals surface area contributed by atoms with E-state index in [0.29, 0.717) is 6.10 Å². The molecule has 2 atom stereocenters. The van der Waals surface area contributed by atoms with Crippen molar-refractivity contribution in [2.45, 2.75) is 45.1 Å². The molecular weight excluding hydrogens is 212 g/mol. The van der Waals surface area contributed by atoms with Crippen molar-refractivity contribution in [2.75, 3.05) is 39.3 Å². The summed E-state index contributed by atoms with van der Waals surface area (Å²) in [4.78, 5) is 2.51. The van der Waals surface area contributed by atoms with Crippen molar-refractivity contribution in [2.24, 2.45) is 5.92 Å². The Kier molecular flexibility index (Phi) is 5.75. The monoisotopic (exact) mass is 240 g/mol. The van der Waals surface area contributed by atoms with Crippen LogP contribution in [0.1, 0.15) is 39.0 Å². The minimum atomic E-state index is 0.552. The van der Waals surface area contributed by atoms with Crippen LogP contribution in [0.5, 0.6) is 0 Å². The van der Waals surface area contributed by atoms with Gasteiger partial charge in [-0.1, -0.05) is 26.2 Å². The lowest BCUT2D eigenvalue weighted by Gasteiger charge is -2.31. The average Bonchev–Trinajstić information content (AvgIpc) is 2.40. The summed E-state index contributed by atoms with van der Waals surface area (Å²) in [5.74, 6) is 0.924. The van der Waals surface area contributed by atoms with Gasteiger partial charge in [0.15, 0.2) is 0 Å². The third-order valence-electron chi connectivity index (χ3n) is 4.28. The number of hydrogen-bond donors (Lipinski definition) is 1. The van der Waals surface area contributed by atoms with Crippen LogP contribution in [-0.2, 0) is 4.74 Å². The molecule has 2 unspecified atom stereocenters. The molecule has 1 aliphatic heterocycles. The summed E-state index contributed by atoms with van der Waals surface area (Å²) in [6.45, 7) is 9.02. The van der Waals surface area contributed by atoms with Gasteiger partial charge in [0, 0.05) is 32.7 Å². The van der Waals surface area contributed by atoms with E-state index in [1.54, 1.807) is 0 Å². The van der Waals surface area contributed by atoms with Gasteiger partial charge >= 0.3 is 0 Å². The lowest BCUT2D eigenvalue weighted by molar-refractivity contribution is 0.00127. The van der Waals surface area contributed by atoms with Crippen LogP contribution in [0.3, 0.4) is 0 Å². The number of nitrogens with one attached hydrogen (secondary N) is 1. The van der Waals surface area contributed by atoms with Gasteiger partial charge in [0.05, 0.1) is 12.7 Å². The van der Waals surface area contributed by atoms with Crippen LogP contribution >= 0.6 is 0 Å². The molecule has 1 aliphatic carbocycles. The van der Waals surface area contributed by atoms with E-state index in [0.717, 1.165) is 32.2 Å². The molecule has 0 aromatic heterocycles. The van der Waals surface area contributed by atoms with E-state index in [-0.39, 0.29) is 0 Å². The third-order valence-corrected chi connectivity index (χ3v) is 4.28. The Morgan fingerprint density at radius 2 is 2.06 bits per heavy atom.